The van der Waals surface area contributed by atoms with Crippen LogP contribution in [0.1, 0.15) is 20.7 Å². The minimum atomic E-state index is -0.739. The smallest absolute Gasteiger partial charge is 0.354 e. The molecule has 0 aliphatic heterocycles. The highest BCUT2D eigenvalue weighted by atomic mass is 16.5. The van der Waals surface area contributed by atoms with Crippen LogP contribution in [0.15, 0.2) is 72.8 Å². The van der Waals surface area contributed by atoms with E-state index in [1.807, 2.05) is 0 Å². The zero-order chi connectivity index (χ0) is 19.9. The molecule has 3 aromatic rings. The van der Waals surface area contributed by atoms with Gasteiger partial charge in [0.1, 0.15) is 24.0 Å². The van der Waals surface area contributed by atoms with Crippen LogP contribution in [0.4, 0.5) is 0 Å². The predicted molar refractivity (Wildman–Crippen MR) is 103 cm³/mol. The molecule has 0 aliphatic carbocycles. The summed E-state index contributed by atoms with van der Waals surface area (Å²) in [5.41, 5.74) is 2.64. The van der Waals surface area contributed by atoms with Crippen molar-refractivity contribution in [3.8, 4) is 22.6 Å². The number of benzene rings is 3. The summed E-state index contributed by atoms with van der Waals surface area (Å²) in [6.07, 6.45) is 1.32. The molecule has 3 rings (SSSR count). The molecule has 0 fully saturated rings. The zero-order valence-electron chi connectivity index (χ0n) is 14.6. The number of esters is 2. The van der Waals surface area contributed by atoms with Crippen LogP contribution < -0.4 is 9.47 Å². The van der Waals surface area contributed by atoms with E-state index in [9.17, 15) is 14.4 Å². The van der Waals surface area contributed by atoms with Gasteiger partial charge >= 0.3 is 11.9 Å². The summed E-state index contributed by atoms with van der Waals surface area (Å²) in [5.74, 6) is -0.538. The summed E-state index contributed by atoms with van der Waals surface area (Å²) >= 11 is 0. The number of nitrogens with one attached hydrogen (secondary N) is 1. The normalized spacial score (nSPS) is 10.0. The maximum Gasteiger partial charge on any atom is 0.354 e. The van der Waals surface area contributed by atoms with Crippen molar-refractivity contribution in [3.05, 3.63) is 83.9 Å². The Morgan fingerprint density at radius 2 is 1.21 bits per heavy atom. The third-order valence-electron chi connectivity index (χ3n) is 3.87. The Morgan fingerprint density at radius 3 is 1.75 bits per heavy atom. The number of carbonyl (C=O) groups excluding carboxylic acids is 3. The molecule has 3 aromatic carbocycles. The van der Waals surface area contributed by atoms with Gasteiger partial charge in [0.2, 0.25) is 0 Å². The van der Waals surface area contributed by atoms with E-state index in [0.29, 0.717) is 35.1 Å². The fraction of sp³-hybridized carbons (Fsp3) is 0. The summed E-state index contributed by atoms with van der Waals surface area (Å²) in [7, 11) is 0. The zero-order valence-corrected chi connectivity index (χ0v) is 14.6. The molecule has 6 nitrogen and oxygen atoms in total. The van der Waals surface area contributed by atoms with Gasteiger partial charge in [-0.3, -0.25) is 4.79 Å². The van der Waals surface area contributed by atoms with Crippen molar-refractivity contribution in [2.45, 2.75) is 0 Å². The van der Waals surface area contributed by atoms with E-state index in [-0.39, 0.29) is 0 Å². The lowest BCUT2D eigenvalue weighted by atomic mass is 10.0. The van der Waals surface area contributed by atoms with Gasteiger partial charge in [-0.1, -0.05) is 24.3 Å². The molecule has 0 heterocycles. The third kappa shape index (κ3) is 4.56. The molecule has 0 unspecified atom stereocenters. The molecule has 0 saturated heterocycles. The van der Waals surface area contributed by atoms with Crippen LogP contribution in [0, 0.1) is 5.41 Å². The second kappa shape index (κ2) is 8.55. The SMILES string of the molecule is N=CC(=O)Oc1ccc(-c2ccc(C(=O)Oc3ccc(C=O)cc3)cc2)cc1. The molecule has 0 radical (unpaired) electrons. The average Bonchev–Trinajstić information content (AvgIpc) is 2.75. The van der Waals surface area contributed by atoms with Crippen LogP contribution in [-0.4, -0.2) is 24.4 Å². The Balaban J connectivity index is 1.68. The molecular formula is C22H15NO5. The van der Waals surface area contributed by atoms with Gasteiger partial charge in [0, 0.05) is 5.56 Å². The number of hydrogen-bond acceptors (Lipinski definition) is 6. The third-order valence-corrected chi connectivity index (χ3v) is 3.87. The molecule has 138 valence electrons. The largest absolute Gasteiger partial charge is 0.423 e. The minimum Gasteiger partial charge on any atom is -0.423 e. The quantitative estimate of drug-likeness (QED) is 0.306. The standard InChI is InChI=1S/C22H15NO5/c23-13-21(25)27-19-11-7-17(8-12-19)16-3-5-18(6-4-16)22(26)28-20-9-1-15(14-24)2-10-20/h1-14,23H. The molecule has 0 saturated carbocycles. The number of aldehydes is 1. The molecule has 0 atom stereocenters. The van der Waals surface area contributed by atoms with Crippen molar-refractivity contribution in [3.63, 3.8) is 0 Å². The lowest BCUT2D eigenvalue weighted by molar-refractivity contribution is -0.126. The van der Waals surface area contributed by atoms with E-state index in [1.54, 1.807) is 72.8 Å². The van der Waals surface area contributed by atoms with Crippen LogP contribution in [0.25, 0.3) is 11.1 Å². The van der Waals surface area contributed by atoms with Gasteiger partial charge in [0.05, 0.1) is 5.56 Å². The maximum atomic E-state index is 12.2. The van der Waals surface area contributed by atoms with Crippen molar-refractivity contribution >= 4 is 24.4 Å². The van der Waals surface area contributed by atoms with Crippen LogP contribution >= 0.6 is 0 Å². The van der Waals surface area contributed by atoms with Crippen molar-refractivity contribution < 1.29 is 23.9 Å². The Hall–Kier alpha value is -4.06. The summed E-state index contributed by atoms with van der Waals surface area (Å²) in [6, 6.07) is 19.9. The lowest BCUT2D eigenvalue weighted by Crippen LogP contribution is -2.08. The van der Waals surface area contributed by atoms with E-state index in [4.69, 9.17) is 14.9 Å². The number of carbonyl (C=O) groups is 3. The first-order valence-electron chi connectivity index (χ1n) is 8.29. The summed E-state index contributed by atoms with van der Waals surface area (Å²) in [5, 5.41) is 6.83. The van der Waals surface area contributed by atoms with Gasteiger partial charge in [-0.05, 0) is 59.7 Å². The molecule has 28 heavy (non-hydrogen) atoms. The van der Waals surface area contributed by atoms with E-state index < -0.39 is 11.9 Å². The van der Waals surface area contributed by atoms with Gasteiger partial charge < -0.3 is 14.9 Å². The first kappa shape index (κ1) is 18.7. The predicted octanol–water partition coefficient (Wildman–Crippen LogP) is 3.94. The van der Waals surface area contributed by atoms with E-state index in [0.717, 1.165) is 11.1 Å². The Bertz CT molecular complexity index is 1010. The van der Waals surface area contributed by atoms with Crippen LogP contribution in [0.5, 0.6) is 11.5 Å². The maximum absolute atomic E-state index is 12.2. The monoisotopic (exact) mass is 373 g/mol. The average molecular weight is 373 g/mol. The highest BCUT2D eigenvalue weighted by Gasteiger charge is 2.09. The second-order valence-corrected chi connectivity index (χ2v) is 5.74. The molecule has 6 heteroatoms. The molecule has 0 bridgehead atoms. The fourth-order valence-electron chi connectivity index (χ4n) is 2.44. The first-order valence-corrected chi connectivity index (χ1v) is 8.29. The highest BCUT2D eigenvalue weighted by Crippen LogP contribution is 2.23. The van der Waals surface area contributed by atoms with E-state index >= 15 is 0 Å². The van der Waals surface area contributed by atoms with Crippen molar-refractivity contribution in [2.24, 2.45) is 0 Å². The van der Waals surface area contributed by atoms with Crippen molar-refractivity contribution in [2.75, 3.05) is 0 Å². The topological polar surface area (TPSA) is 93.5 Å². The molecule has 0 aliphatic rings. The van der Waals surface area contributed by atoms with E-state index in [2.05, 4.69) is 0 Å². The van der Waals surface area contributed by atoms with Gasteiger partial charge in [-0.25, -0.2) is 9.59 Å². The van der Waals surface area contributed by atoms with Crippen LogP contribution in [0.2, 0.25) is 0 Å². The Labute approximate surface area is 160 Å². The first-order chi connectivity index (χ1) is 13.6. The summed E-state index contributed by atoms with van der Waals surface area (Å²) in [4.78, 5) is 34.0. The Morgan fingerprint density at radius 1 is 0.714 bits per heavy atom. The number of ether oxygens (including phenoxy) is 2. The molecular weight excluding hydrogens is 358 g/mol. The number of hydrogen-bond donors (Lipinski definition) is 1. The molecule has 0 aromatic heterocycles. The molecule has 0 amide bonds. The van der Waals surface area contributed by atoms with Gasteiger partial charge in [-0.15, -0.1) is 0 Å². The van der Waals surface area contributed by atoms with Gasteiger partial charge in [0.15, 0.2) is 0 Å². The van der Waals surface area contributed by atoms with Crippen LogP contribution in [-0.2, 0) is 4.79 Å². The van der Waals surface area contributed by atoms with Crippen molar-refractivity contribution in [1.82, 2.24) is 0 Å². The second-order valence-electron chi connectivity index (χ2n) is 5.74. The highest BCUT2D eigenvalue weighted by molar-refractivity contribution is 6.22. The Kier molecular flexibility index (Phi) is 5.72. The van der Waals surface area contributed by atoms with Crippen molar-refractivity contribution in [1.29, 1.82) is 5.41 Å². The summed E-state index contributed by atoms with van der Waals surface area (Å²) in [6.45, 7) is 0. The minimum absolute atomic E-state index is 0.345. The summed E-state index contributed by atoms with van der Waals surface area (Å²) < 4.78 is 10.2. The number of rotatable bonds is 6. The molecule has 0 spiro atoms. The van der Waals surface area contributed by atoms with Gasteiger partial charge in [-0.2, -0.15) is 0 Å². The fourth-order valence-corrected chi connectivity index (χ4v) is 2.44. The van der Waals surface area contributed by atoms with Crippen LogP contribution in [0.3, 0.4) is 0 Å². The molecule has 1 N–H and O–H groups in total. The van der Waals surface area contributed by atoms with E-state index in [1.165, 1.54) is 0 Å². The lowest BCUT2D eigenvalue weighted by Gasteiger charge is -2.07. The van der Waals surface area contributed by atoms with Gasteiger partial charge in [0.25, 0.3) is 0 Å².